The predicted octanol–water partition coefficient (Wildman–Crippen LogP) is 3.01. The van der Waals surface area contributed by atoms with E-state index < -0.39 is 0 Å². The molecule has 20 heavy (non-hydrogen) atoms. The van der Waals surface area contributed by atoms with Crippen molar-refractivity contribution in [3.05, 3.63) is 29.6 Å². The molecule has 2 N–H and O–H groups in total. The van der Waals surface area contributed by atoms with Gasteiger partial charge in [0.05, 0.1) is 0 Å². The van der Waals surface area contributed by atoms with Crippen LogP contribution in [-0.4, -0.2) is 25.8 Å². The molecule has 0 heterocycles. The van der Waals surface area contributed by atoms with Gasteiger partial charge in [-0.3, -0.25) is 4.99 Å². The van der Waals surface area contributed by atoms with Crippen LogP contribution in [0.15, 0.2) is 28.1 Å². The lowest BCUT2D eigenvalue weighted by Gasteiger charge is -2.26. The summed E-state index contributed by atoms with van der Waals surface area (Å²) in [5.41, 5.74) is 0.962. The maximum atomic E-state index is 13.3. The first-order chi connectivity index (χ1) is 9.72. The Hall–Kier alpha value is -1.23. The monoisotopic (exact) mass is 295 g/mol. The van der Waals surface area contributed by atoms with Crippen molar-refractivity contribution in [3.63, 3.8) is 0 Å². The predicted molar refractivity (Wildman–Crippen MR) is 83.7 cm³/mol. The van der Waals surface area contributed by atoms with Crippen LogP contribution in [0.3, 0.4) is 0 Å². The van der Waals surface area contributed by atoms with E-state index in [9.17, 15) is 4.39 Å². The molecule has 0 radical (unpaired) electrons. The number of hydrogen-bond acceptors (Lipinski definition) is 2. The van der Waals surface area contributed by atoms with E-state index in [1.165, 1.54) is 25.3 Å². The molecule has 0 atom stereocenters. The number of aliphatic imine (C=N–C) groups is 1. The molecule has 0 aromatic heterocycles. The molecule has 3 nitrogen and oxygen atoms in total. The quantitative estimate of drug-likeness (QED) is 0.498. The van der Waals surface area contributed by atoms with Crippen LogP contribution in [-0.2, 0) is 6.54 Å². The van der Waals surface area contributed by atoms with Crippen molar-refractivity contribution in [1.82, 2.24) is 10.6 Å². The van der Waals surface area contributed by atoms with Gasteiger partial charge in [-0.15, -0.1) is 11.8 Å². The second-order valence-corrected chi connectivity index (χ2v) is 5.91. The molecule has 2 rings (SSSR count). The van der Waals surface area contributed by atoms with Gasteiger partial charge in [-0.25, -0.2) is 4.39 Å². The fourth-order valence-electron chi connectivity index (χ4n) is 2.22. The van der Waals surface area contributed by atoms with Gasteiger partial charge in [-0.2, -0.15) is 0 Å². The number of thioether (sulfide) groups is 1. The van der Waals surface area contributed by atoms with Crippen LogP contribution in [0.5, 0.6) is 0 Å². The Kier molecular flexibility index (Phi) is 5.71. The second kappa shape index (κ2) is 7.53. The summed E-state index contributed by atoms with van der Waals surface area (Å²) in [4.78, 5) is 5.30. The third-order valence-corrected chi connectivity index (χ3v) is 4.53. The van der Waals surface area contributed by atoms with E-state index in [1.807, 2.05) is 12.3 Å². The average molecular weight is 295 g/mol. The molecule has 110 valence electrons. The summed E-state index contributed by atoms with van der Waals surface area (Å²) in [7, 11) is 1.76. The largest absolute Gasteiger partial charge is 0.356 e. The Labute approximate surface area is 124 Å². The number of guanidine groups is 1. The SMILES string of the molecule is CN=C(NCc1cc(F)ccc1SC)NCC1CCC1. The van der Waals surface area contributed by atoms with Crippen molar-refractivity contribution >= 4 is 17.7 Å². The molecule has 1 aliphatic rings. The maximum Gasteiger partial charge on any atom is 0.191 e. The third-order valence-electron chi connectivity index (χ3n) is 3.70. The summed E-state index contributed by atoms with van der Waals surface area (Å²) in [6.45, 7) is 1.55. The van der Waals surface area contributed by atoms with E-state index >= 15 is 0 Å². The molecule has 1 aromatic rings. The number of hydrogen-bond donors (Lipinski definition) is 2. The Bertz CT molecular complexity index is 472. The number of nitrogens with one attached hydrogen (secondary N) is 2. The van der Waals surface area contributed by atoms with Gasteiger partial charge in [0, 0.05) is 25.0 Å². The highest BCUT2D eigenvalue weighted by atomic mass is 32.2. The number of benzene rings is 1. The van der Waals surface area contributed by atoms with E-state index in [4.69, 9.17) is 0 Å². The zero-order valence-electron chi connectivity index (χ0n) is 12.1. The highest BCUT2D eigenvalue weighted by molar-refractivity contribution is 7.98. The van der Waals surface area contributed by atoms with Crippen LogP contribution >= 0.6 is 11.8 Å². The lowest BCUT2D eigenvalue weighted by Crippen LogP contribution is -2.40. The van der Waals surface area contributed by atoms with Gasteiger partial charge in [0.1, 0.15) is 5.82 Å². The molecular formula is C15H22FN3S. The van der Waals surface area contributed by atoms with Crippen molar-refractivity contribution in [1.29, 1.82) is 0 Å². The van der Waals surface area contributed by atoms with Crippen LogP contribution in [0.4, 0.5) is 4.39 Å². The Morgan fingerprint density at radius 3 is 2.80 bits per heavy atom. The highest BCUT2D eigenvalue weighted by Crippen LogP contribution is 2.25. The summed E-state index contributed by atoms with van der Waals surface area (Å²) in [5.74, 6) is 1.37. The molecule has 0 bridgehead atoms. The van der Waals surface area contributed by atoms with Gasteiger partial charge >= 0.3 is 0 Å². The minimum Gasteiger partial charge on any atom is -0.356 e. The van der Waals surface area contributed by atoms with E-state index in [1.54, 1.807) is 24.9 Å². The number of nitrogens with zero attached hydrogens (tertiary/aromatic N) is 1. The van der Waals surface area contributed by atoms with Gasteiger partial charge in [-0.1, -0.05) is 6.42 Å². The summed E-state index contributed by atoms with van der Waals surface area (Å²) >= 11 is 1.63. The van der Waals surface area contributed by atoms with E-state index in [0.717, 1.165) is 28.9 Å². The van der Waals surface area contributed by atoms with Crippen LogP contribution in [0.2, 0.25) is 0 Å². The van der Waals surface area contributed by atoms with Gasteiger partial charge in [-0.05, 0) is 48.8 Å². The molecule has 1 aliphatic carbocycles. The highest BCUT2D eigenvalue weighted by Gasteiger charge is 2.17. The third kappa shape index (κ3) is 4.13. The fourth-order valence-corrected chi connectivity index (χ4v) is 2.82. The van der Waals surface area contributed by atoms with Crippen LogP contribution in [0.25, 0.3) is 0 Å². The standard InChI is InChI=1S/C15H22FN3S/c1-17-15(18-9-11-4-3-5-11)19-10-12-8-13(16)6-7-14(12)20-2/h6-8,11H,3-5,9-10H2,1-2H3,(H2,17,18,19). The molecule has 0 spiro atoms. The lowest BCUT2D eigenvalue weighted by molar-refractivity contribution is 0.314. The number of halogens is 1. The smallest absolute Gasteiger partial charge is 0.191 e. The van der Waals surface area contributed by atoms with Gasteiger partial charge in [0.15, 0.2) is 5.96 Å². The molecule has 5 heteroatoms. The Balaban J connectivity index is 1.87. The van der Waals surface area contributed by atoms with Crippen LogP contribution in [0, 0.1) is 11.7 Å². The van der Waals surface area contributed by atoms with E-state index in [-0.39, 0.29) is 5.82 Å². The van der Waals surface area contributed by atoms with Gasteiger partial charge in [0.25, 0.3) is 0 Å². The molecule has 1 fully saturated rings. The first-order valence-corrected chi connectivity index (χ1v) is 8.22. The zero-order chi connectivity index (χ0) is 14.4. The molecule has 0 saturated heterocycles. The van der Waals surface area contributed by atoms with E-state index in [0.29, 0.717) is 6.54 Å². The van der Waals surface area contributed by atoms with E-state index in [2.05, 4.69) is 15.6 Å². The van der Waals surface area contributed by atoms with Crippen LogP contribution < -0.4 is 10.6 Å². The summed E-state index contributed by atoms with van der Waals surface area (Å²) in [6, 6.07) is 4.90. The first-order valence-electron chi connectivity index (χ1n) is 7.00. The molecule has 1 saturated carbocycles. The Morgan fingerprint density at radius 1 is 1.40 bits per heavy atom. The average Bonchev–Trinajstić information content (AvgIpc) is 2.40. The number of rotatable bonds is 5. The van der Waals surface area contributed by atoms with Crippen molar-refractivity contribution < 1.29 is 4.39 Å². The molecule has 0 amide bonds. The first kappa shape index (κ1) is 15.2. The topological polar surface area (TPSA) is 36.4 Å². The Morgan fingerprint density at radius 2 is 2.20 bits per heavy atom. The molecule has 0 aliphatic heterocycles. The summed E-state index contributed by atoms with van der Waals surface area (Å²) in [6.07, 6.45) is 5.97. The summed E-state index contributed by atoms with van der Waals surface area (Å²) in [5, 5.41) is 6.58. The maximum absolute atomic E-state index is 13.3. The molecule has 0 unspecified atom stereocenters. The van der Waals surface area contributed by atoms with Crippen LogP contribution in [0.1, 0.15) is 24.8 Å². The molecule has 1 aromatic carbocycles. The van der Waals surface area contributed by atoms with Gasteiger partial charge < -0.3 is 10.6 Å². The minimum absolute atomic E-state index is 0.197. The second-order valence-electron chi connectivity index (χ2n) is 5.06. The van der Waals surface area contributed by atoms with Gasteiger partial charge in [0.2, 0.25) is 0 Å². The summed E-state index contributed by atoms with van der Waals surface area (Å²) < 4.78 is 13.3. The normalized spacial score (nSPS) is 15.8. The zero-order valence-corrected chi connectivity index (χ0v) is 12.9. The lowest BCUT2D eigenvalue weighted by atomic mass is 9.85. The van der Waals surface area contributed by atoms with Crippen molar-refractivity contribution in [2.75, 3.05) is 19.8 Å². The minimum atomic E-state index is -0.197. The fraction of sp³-hybridized carbons (Fsp3) is 0.533. The van der Waals surface area contributed by atoms with Crippen molar-refractivity contribution in [2.24, 2.45) is 10.9 Å². The van der Waals surface area contributed by atoms with Crippen molar-refractivity contribution in [3.8, 4) is 0 Å². The van der Waals surface area contributed by atoms with Crippen molar-refractivity contribution in [2.45, 2.75) is 30.7 Å². The molecular weight excluding hydrogens is 273 g/mol.